The first-order valence-corrected chi connectivity index (χ1v) is 5.83. The maximum atomic E-state index is 12.0. The maximum Gasteiger partial charge on any atom is 0.251 e. The van der Waals surface area contributed by atoms with Crippen molar-refractivity contribution in [2.45, 2.75) is 38.1 Å². The average molecular weight is 218 g/mol. The summed E-state index contributed by atoms with van der Waals surface area (Å²) in [5, 5.41) is 3.13. The molecule has 1 aromatic carbocycles. The molecule has 1 aliphatic carbocycles. The second kappa shape index (κ2) is 4.16. The van der Waals surface area contributed by atoms with E-state index in [-0.39, 0.29) is 11.4 Å². The SMILES string of the molecule is CCC1(NC(=O)c2cccc(N)c2)CCC1. The van der Waals surface area contributed by atoms with Crippen molar-refractivity contribution in [1.82, 2.24) is 5.32 Å². The van der Waals surface area contributed by atoms with Crippen molar-refractivity contribution in [3.63, 3.8) is 0 Å². The molecule has 0 unspecified atom stereocenters. The number of hydrogen-bond acceptors (Lipinski definition) is 2. The van der Waals surface area contributed by atoms with Gasteiger partial charge in [0.2, 0.25) is 0 Å². The van der Waals surface area contributed by atoms with Crippen LogP contribution < -0.4 is 11.1 Å². The fourth-order valence-corrected chi connectivity index (χ4v) is 2.16. The summed E-state index contributed by atoms with van der Waals surface area (Å²) >= 11 is 0. The van der Waals surface area contributed by atoms with Crippen LogP contribution in [-0.4, -0.2) is 11.4 Å². The molecule has 1 saturated carbocycles. The Labute approximate surface area is 96.0 Å². The Morgan fingerprint density at radius 3 is 2.75 bits per heavy atom. The maximum absolute atomic E-state index is 12.0. The smallest absolute Gasteiger partial charge is 0.251 e. The molecule has 0 radical (unpaired) electrons. The van der Waals surface area contributed by atoms with Crippen molar-refractivity contribution in [3.05, 3.63) is 29.8 Å². The van der Waals surface area contributed by atoms with Crippen LogP contribution in [0.1, 0.15) is 43.0 Å². The van der Waals surface area contributed by atoms with Gasteiger partial charge in [-0.15, -0.1) is 0 Å². The monoisotopic (exact) mass is 218 g/mol. The quantitative estimate of drug-likeness (QED) is 0.765. The van der Waals surface area contributed by atoms with Gasteiger partial charge < -0.3 is 11.1 Å². The zero-order valence-corrected chi connectivity index (χ0v) is 9.62. The summed E-state index contributed by atoms with van der Waals surface area (Å²) in [6.07, 6.45) is 4.40. The molecule has 0 spiro atoms. The molecular weight excluding hydrogens is 200 g/mol. The van der Waals surface area contributed by atoms with Gasteiger partial charge >= 0.3 is 0 Å². The van der Waals surface area contributed by atoms with E-state index in [1.165, 1.54) is 6.42 Å². The third kappa shape index (κ3) is 2.03. The van der Waals surface area contributed by atoms with Crippen LogP contribution in [0.15, 0.2) is 24.3 Å². The predicted octanol–water partition coefficient (Wildman–Crippen LogP) is 2.33. The van der Waals surface area contributed by atoms with Crippen molar-refractivity contribution in [2.75, 3.05) is 5.73 Å². The predicted molar refractivity (Wildman–Crippen MR) is 65.2 cm³/mol. The van der Waals surface area contributed by atoms with E-state index in [1.54, 1.807) is 18.2 Å². The fraction of sp³-hybridized carbons (Fsp3) is 0.462. The summed E-state index contributed by atoms with van der Waals surface area (Å²) in [4.78, 5) is 12.0. The Morgan fingerprint density at radius 2 is 2.25 bits per heavy atom. The lowest BCUT2D eigenvalue weighted by Crippen LogP contribution is -2.52. The number of nitrogen functional groups attached to an aromatic ring is 1. The number of nitrogens with two attached hydrogens (primary N) is 1. The molecule has 1 amide bonds. The Morgan fingerprint density at radius 1 is 1.50 bits per heavy atom. The summed E-state index contributed by atoms with van der Waals surface area (Å²) < 4.78 is 0. The second-order valence-corrected chi connectivity index (χ2v) is 4.57. The minimum absolute atomic E-state index is 0.00569. The number of hydrogen-bond donors (Lipinski definition) is 2. The highest BCUT2D eigenvalue weighted by atomic mass is 16.1. The zero-order chi connectivity index (χ0) is 11.6. The van der Waals surface area contributed by atoms with Gasteiger partial charge in [0, 0.05) is 16.8 Å². The highest BCUT2D eigenvalue weighted by molar-refractivity contribution is 5.95. The third-order valence-corrected chi connectivity index (χ3v) is 3.51. The highest BCUT2D eigenvalue weighted by Gasteiger charge is 2.36. The number of rotatable bonds is 3. The molecule has 1 fully saturated rings. The lowest BCUT2D eigenvalue weighted by Gasteiger charge is -2.42. The summed E-state index contributed by atoms with van der Waals surface area (Å²) in [6.45, 7) is 2.12. The highest BCUT2D eigenvalue weighted by Crippen LogP contribution is 2.34. The molecule has 1 aromatic rings. The number of carbonyl (C=O) groups is 1. The first kappa shape index (κ1) is 11.0. The molecule has 0 saturated heterocycles. The number of amides is 1. The molecule has 0 bridgehead atoms. The van der Waals surface area contributed by atoms with Gasteiger partial charge in [-0.05, 0) is 43.9 Å². The van der Waals surface area contributed by atoms with Gasteiger partial charge in [0.25, 0.3) is 5.91 Å². The number of nitrogens with one attached hydrogen (secondary N) is 1. The molecule has 86 valence electrons. The molecule has 0 heterocycles. The van der Waals surface area contributed by atoms with Crippen LogP contribution in [0.5, 0.6) is 0 Å². The van der Waals surface area contributed by atoms with E-state index in [4.69, 9.17) is 5.73 Å². The molecule has 3 nitrogen and oxygen atoms in total. The summed E-state index contributed by atoms with van der Waals surface area (Å²) in [6, 6.07) is 7.12. The van der Waals surface area contributed by atoms with Crippen LogP contribution in [0.3, 0.4) is 0 Å². The van der Waals surface area contributed by atoms with Gasteiger partial charge in [0.05, 0.1) is 0 Å². The molecule has 16 heavy (non-hydrogen) atoms. The molecule has 3 heteroatoms. The molecule has 0 atom stereocenters. The zero-order valence-electron chi connectivity index (χ0n) is 9.62. The van der Waals surface area contributed by atoms with Crippen LogP contribution in [-0.2, 0) is 0 Å². The second-order valence-electron chi connectivity index (χ2n) is 4.57. The molecule has 2 rings (SSSR count). The van der Waals surface area contributed by atoms with Gasteiger partial charge in [-0.3, -0.25) is 4.79 Å². The van der Waals surface area contributed by atoms with E-state index >= 15 is 0 Å². The number of anilines is 1. The van der Waals surface area contributed by atoms with Gasteiger partial charge in [-0.2, -0.15) is 0 Å². The van der Waals surface area contributed by atoms with Crippen LogP contribution in [0.25, 0.3) is 0 Å². The van der Waals surface area contributed by atoms with Gasteiger partial charge in [0.15, 0.2) is 0 Å². The topological polar surface area (TPSA) is 55.1 Å². The van der Waals surface area contributed by atoms with Crippen LogP contribution in [0, 0.1) is 0 Å². The van der Waals surface area contributed by atoms with Gasteiger partial charge in [-0.25, -0.2) is 0 Å². The van der Waals surface area contributed by atoms with Gasteiger partial charge in [0.1, 0.15) is 0 Å². The minimum atomic E-state index is -0.00569. The minimum Gasteiger partial charge on any atom is -0.399 e. The van der Waals surface area contributed by atoms with Crippen molar-refractivity contribution in [3.8, 4) is 0 Å². The van der Waals surface area contributed by atoms with E-state index in [9.17, 15) is 4.79 Å². The van der Waals surface area contributed by atoms with Crippen molar-refractivity contribution >= 4 is 11.6 Å². The van der Waals surface area contributed by atoms with Gasteiger partial charge in [-0.1, -0.05) is 13.0 Å². The lowest BCUT2D eigenvalue weighted by atomic mass is 9.74. The van der Waals surface area contributed by atoms with Crippen molar-refractivity contribution < 1.29 is 4.79 Å². The molecule has 3 N–H and O–H groups in total. The first-order valence-electron chi connectivity index (χ1n) is 5.83. The Balaban J connectivity index is 2.08. The standard InChI is InChI=1S/C13H18N2O/c1-2-13(7-4-8-13)15-12(16)10-5-3-6-11(14)9-10/h3,5-6,9H,2,4,7-8,14H2,1H3,(H,15,16). The molecular formula is C13H18N2O. The number of benzene rings is 1. The Hall–Kier alpha value is -1.51. The van der Waals surface area contributed by atoms with Crippen molar-refractivity contribution in [2.24, 2.45) is 0 Å². The number of carbonyl (C=O) groups excluding carboxylic acids is 1. The van der Waals surface area contributed by atoms with E-state index < -0.39 is 0 Å². The van der Waals surface area contributed by atoms with E-state index in [0.29, 0.717) is 11.3 Å². The van der Waals surface area contributed by atoms with Crippen LogP contribution in [0.4, 0.5) is 5.69 Å². The molecule has 0 aliphatic heterocycles. The van der Waals surface area contributed by atoms with E-state index in [2.05, 4.69) is 12.2 Å². The summed E-state index contributed by atoms with van der Waals surface area (Å²) in [5.74, 6) is -0.00569. The first-order chi connectivity index (χ1) is 7.65. The molecule has 1 aliphatic rings. The van der Waals surface area contributed by atoms with Crippen LogP contribution in [0.2, 0.25) is 0 Å². The van der Waals surface area contributed by atoms with Crippen molar-refractivity contribution in [1.29, 1.82) is 0 Å². The Kier molecular flexibility index (Phi) is 2.86. The third-order valence-electron chi connectivity index (χ3n) is 3.51. The lowest BCUT2D eigenvalue weighted by molar-refractivity contribution is 0.0820. The van der Waals surface area contributed by atoms with E-state index in [0.717, 1.165) is 19.3 Å². The fourth-order valence-electron chi connectivity index (χ4n) is 2.16. The summed E-state index contributed by atoms with van der Waals surface area (Å²) in [7, 11) is 0. The summed E-state index contributed by atoms with van der Waals surface area (Å²) in [5.41, 5.74) is 6.99. The largest absolute Gasteiger partial charge is 0.399 e. The Bertz CT molecular complexity index is 391. The normalized spacial score (nSPS) is 17.6. The van der Waals surface area contributed by atoms with E-state index in [1.807, 2.05) is 6.07 Å². The molecule has 0 aromatic heterocycles. The average Bonchev–Trinajstić information content (AvgIpc) is 2.23. The van der Waals surface area contributed by atoms with Crippen LogP contribution >= 0.6 is 0 Å².